The number of carboxylic acids is 1. The second kappa shape index (κ2) is 7.81. The standard InChI is InChI=1S/C12H21N3O2/c1-2-3-4-5-6-9-15-10-11(13-14-15)7-8-12(16)17/h10H,2-9H2,1H3,(H,16,17). The van der Waals surface area contributed by atoms with Crippen LogP contribution < -0.4 is 0 Å². The number of nitrogens with zero attached hydrogens (tertiary/aromatic N) is 3. The Kier molecular flexibility index (Phi) is 6.29. The zero-order valence-electron chi connectivity index (χ0n) is 10.4. The van der Waals surface area contributed by atoms with Crippen molar-refractivity contribution in [2.24, 2.45) is 0 Å². The fourth-order valence-corrected chi connectivity index (χ4v) is 1.67. The molecule has 1 aromatic heterocycles. The molecule has 1 aromatic rings. The molecule has 1 heterocycles. The molecule has 0 aromatic carbocycles. The van der Waals surface area contributed by atoms with Crippen LogP contribution in [0.25, 0.3) is 0 Å². The van der Waals surface area contributed by atoms with E-state index in [2.05, 4.69) is 17.2 Å². The molecule has 0 fully saturated rings. The Labute approximate surface area is 102 Å². The van der Waals surface area contributed by atoms with Crippen molar-refractivity contribution in [1.82, 2.24) is 15.0 Å². The minimum atomic E-state index is -0.792. The van der Waals surface area contributed by atoms with Crippen LogP contribution in [-0.4, -0.2) is 26.1 Å². The molecule has 0 saturated carbocycles. The minimum absolute atomic E-state index is 0.120. The van der Waals surface area contributed by atoms with Crippen LogP contribution in [0.5, 0.6) is 0 Å². The molecule has 0 radical (unpaired) electrons. The Morgan fingerprint density at radius 3 is 2.82 bits per heavy atom. The number of unbranched alkanes of at least 4 members (excludes halogenated alkanes) is 4. The summed E-state index contributed by atoms with van der Waals surface area (Å²) in [5, 5.41) is 16.5. The van der Waals surface area contributed by atoms with Crippen LogP contribution in [0.4, 0.5) is 0 Å². The number of aromatic nitrogens is 3. The highest BCUT2D eigenvalue weighted by Gasteiger charge is 2.03. The second-order valence-electron chi connectivity index (χ2n) is 4.28. The van der Waals surface area contributed by atoms with E-state index in [0.29, 0.717) is 6.42 Å². The number of carbonyl (C=O) groups is 1. The Morgan fingerprint density at radius 2 is 2.12 bits per heavy atom. The topological polar surface area (TPSA) is 68.0 Å². The van der Waals surface area contributed by atoms with Gasteiger partial charge in [0.1, 0.15) is 0 Å². The third-order valence-electron chi connectivity index (χ3n) is 2.67. The van der Waals surface area contributed by atoms with Crippen molar-refractivity contribution in [1.29, 1.82) is 0 Å². The van der Waals surface area contributed by atoms with Gasteiger partial charge in [-0.25, -0.2) is 0 Å². The second-order valence-corrected chi connectivity index (χ2v) is 4.28. The minimum Gasteiger partial charge on any atom is -0.481 e. The molecular weight excluding hydrogens is 218 g/mol. The Morgan fingerprint density at radius 1 is 1.35 bits per heavy atom. The molecule has 0 saturated heterocycles. The summed E-state index contributed by atoms with van der Waals surface area (Å²) in [6, 6.07) is 0. The molecule has 0 spiro atoms. The average Bonchev–Trinajstić information content (AvgIpc) is 2.74. The number of hydrogen-bond acceptors (Lipinski definition) is 3. The van der Waals surface area contributed by atoms with E-state index < -0.39 is 5.97 Å². The quantitative estimate of drug-likeness (QED) is 0.671. The molecule has 0 aliphatic heterocycles. The maximum Gasteiger partial charge on any atom is 0.303 e. The van der Waals surface area contributed by atoms with Gasteiger partial charge in [-0.1, -0.05) is 37.8 Å². The van der Waals surface area contributed by atoms with Crippen LogP contribution in [0, 0.1) is 0 Å². The maximum absolute atomic E-state index is 10.4. The van der Waals surface area contributed by atoms with Gasteiger partial charge in [0, 0.05) is 19.2 Å². The molecule has 0 aliphatic carbocycles. The molecule has 1 rings (SSSR count). The van der Waals surface area contributed by atoms with Gasteiger partial charge >= 0.3 is 5.97 Å². The normalized spacial score (nSPS) is 10.6. The van der Waals surface area contributed by atoms with Crippen LogP contribution in [0.1, 0.15) is 51.1 Å². The van der Waals surface area contributed by atoms with Crippen molar-refractivity contribution in [2.75, 3.05) is 0 Å². The molecule has 0 unspecified atom stereocenters. The monoisotopic (exact) mass is 239 g/mol. The summed E-state index contributed by atoms with van der Waals surface area (Å²) in [6.45, 7) is 3.08. The Bertz CT molecular complexity index is 336. The number of rotatable bonds is 9. The maximum atomic E-state index is 10.4. The first-order valence-electron chi connectivity index (χ1n) is 6.33. The molecule has 0 atom stereocenters. The van der Waals surface area contributed by atoms with Gasteiger partial charge in [-0.3, -0.25) is 9.48 Å². The summed E-state index contributed by atoms with van der Waals surface area (Å²) >= 11 is 0. The van der Waals surface area contributed by atoms with Crippen molar-refractivity contribution in [3.05, 3.63) is 11.9 Å². The van der Waals surface area contributed by atoms with E-state index in [0.717, 1.165) is 18.7 Å². The largest absolute Gasteiger partial charge is 0.481 e. The first kappa shape index (κ1) is 13.7. The highest BCUT2D eigenvalue weighted by atomic mass is 16.4. The van der Waals surface area contributed by atoms with E-state index in [-0.39, 0.29) is 6.42 Å². The lowest BCUT2D eigenvalue weighted by Gasteiger charge is -1.99. The zero-order chi connectivity index (χ0) is 12.5. The van der Waals surface area contributed by atoms with Crippen molar-refractivity contribution in [3.63, 3.8) is 0 Å². The van der Waals surface area contributed by atoms with Crippen LogP contribution >= 0.6 is 0 Å². The molecule has 1 N–H and O–H groups in total. The molecule has 0 bridgehead atoms. The molecule has 96 valence electrons. The van der Waals surface area contributed by atoms with E-state index in [1.165, 1.54) is 25.7 Å². The third-order valence-corrected chi connectivity index (χ3v) is 2.67. The van der Waals surface area contributed by atoms with Gasteiger partial charge < -0.3 is 5.11 Å². The van der Waals surface area contributed by atoms with Crippen LogP contribution in [0.2, 0.25) is 0 Å². The van der Waals surface area contributed by atoms with E-state index in [4.69, 9.17) is 5.11 Å². The lowest BCUT2D eigenvalue weighted by molar-refractivity contribution is -0.136. The molecule has 17 heavy (non-hydrogen) atoms. The Hall–Kier alpha value is -1.39. The van der Waals surface area contributed by atoms with Gasteiger partial charge in [0.25, 0.3) is 0 Å². The molecular formula is C12H21N3O2. The first-order valence-corrected chi connectivity index (χ1v) is 6.33. The predicted molar refractivity (Wildman–Crippen MR) is 64.7 cm³/mol. The van der Waals surface area contributed by atoms with Crippen molar-refractivity contribution < 1.29 is 9.90 Å². The van der Waals surface area contributed by atoms with Gasteiger partial charge in [-0.2, -0.15) is 0 Å². The third kappa shape index (κ3) is 6.04. The smallest absolute Gasteiger partial charge is 0.303 e. The zero-order valence-corrected chi connectivity index (χ0v) is 10.4. The van der Waals surface area contributed by atoms with Gasteiger partial charge in [0.2, 0.25) is 0 Å². The van der Waals surface area contributed by atoms with Gasteiger partial charge in [-0.15, -0.1) is 5.10 Å². The highest BCUT2D eigenvalue weighted by molar-refractivity contribution is 5.66. The summed E-state index contributed by atoms with van der Waals surface area (Å²) in [6.07, 6.45) is 8.59. The van der Waals surface area contributed by atoms with E-state index in [1.807, 2.05) is 10.9 Å². The van der Waals surface area contributed by atoms with E-state index in [9.17, 15) is 4.79 Å². The van der Waals surface area contributed by atoms with E-state index >= 15 is 0 Å². The SMILES string of the molecule is CCCCCCCn1cc(CCC(=O)O)nn1. The summed E-state index contributed by atoms with van der Waals surface area (Å²) in [4.78, 5) is 10.4. The average molecular weight is 239 g/mol. The number of aliphatic carboxylic acids is 1. The van der Waals surface area contributed by atoms with Gasteiger partial charge in [0.05, 0.1) is 12.1 Å². The Balaban J connectivity index is 2.19. The molecule has 5 heteroatoms. The van der Waals surface area contributed by atoms with Gasteiger partial charge in [0.15, 0.2) is 0 Å². The number of carboxylic acid groups (broad SMARTS) is 1. The summed E-state index contributed by atoms with van der Waals surface area (Å²) in [5.41, 5.74) is 0.765. The highest BCUT2D eigenvalue weighted by Crippen LogP contribution is 2.04. The van der Waals surface area contributed by atoms with Crippen LogP contribution in [-0.2, 0) is 17.8 Å². The van der Waals surface area contributed by atoms with Crippen LogP contribution in [0.15, 0.2) is 6.20 Å². The first-order chi connectivity index (χ1) is 8.22. The number of aryl methyl sites for hydroxylation is 2. The lowest BCUT2D eigenvalue weighted by atomic mass is 10.1. The molecule has 0 amide bonds. The number of hydrogen-bond donors (Lipinski definition) is 1. The fourth-order valence-electron chi connectivity index (χ4n) is 1.67. The molecule has 0 aliphatic rings. The van der Waals surface area contributed by atoms with E-state index in [1.54, 1.807) is 0 Å². The summed E-state index contributed by atoms with van der Waals surface area (Å²) in [7, 11) is 0. The van der Waals surface area contributed by atoms with Crippen molar-refractivity contribution in [3.8, 4) is 0 Å². The van der Waals surface area contributed by atoms with Gasteiger partial charge in [-0.05, 0) is 6.42 Å². The predicted octanol–water partition coefficient (Wildman–Crippen LogP) is 2.27. The molecule has 5 nitrogen and oxygen atoms in total. The van der Waals surface area contributed by atoms with Crippen molar-refractivity contribution in [2.45, 2.75) is 58.4 Å². The fraction of sp³-hybridized carbons (Fsp3) is 0.750. The summed E-state index contributed by atoms with van der Waals surface area (Å²) < 4.78 is 1.81. The lowest BCUT2D eigenvalue weighted by Crippen LogP contribution is -1.99. The van der Waals surface area contributed by atoms with Crippen molar-refractivity contribution >= 4 is 5.97 Å². The van der Waals surface area contributed by atoms with Crippen LogP contribution in [0.3, 0.4) is 0 Å². The summed E-state index contributed by atoms with van der Waals surface area (Å²) in [5.74, 6) is -0.792.